The van der Waals surface area contributed by atoms with Crippen molar-refractivity contribution < 1.29 is 19.0 Å². The molecule has 0 bridgehead atoms. The summed E-state index contributed by atoms with van der Waals surface area (Å²) in [5, 5.41) is 3.33. The highest BCUT2D eigenvalue weighted by molar-refractivity contribution is 5.77. The number of ether oxygens (including phenoxy) is 3. The van der Waals surface area contributed by atoms with Crippen LogP contribution in [-0.2, 0) is 19.0 Å². The number of nitrogens with one attached hydrogen (secondary N) is 1. The number of hydrogen-bond acceptors (Lipinski definition) is 5. The Balaban J connectivity index is 2.21. The smallest absolute Gasteiger partial charge is 0.313 e. The van der Waals surface area contributed by atoms with E-state index in [1.807, 2.05) is 0 Å². The maximum Gasteiger partial charge on any atom is 0.313 e. The number of carbonyl (C=O) groups is 1. The standard InChI is InChI=1S/C15H29NO4/c1-3-6-15(7-4-8-16-13-15)14(17)20-10-5-9-19-12-11-18-2/h16H,3-13H2,1-2H3. The molecule has 118 valence electrons. The van der Waals surface area contributed by atoms with Gasteiger partial charge >= 0.3 is 5.97 Å². The van der Waals surface area contributed by atoms with Crippen molar-refractivity contribution in [2.75, 3.05) is 46.6 Å². The molecule has 5 nitrogen and oxygen atoms in total. The van der Waals surface area contributed by atoms with Crippen molar-refractivity contribution in [3.63, 3.8) is 0 Å². The summed E-state index contributed by atoms with van der Waals surface area (Å²) in [6, 6.07) is 0. The first-order valence-electron chi connectivity index (χ1n) is 7.70. The maximum absolute atomic E-state index is 12.3. The van der Waals surface area contributed by atoms with Crippen molar-refractivity contribution in [1.82, 2.24) is 5.32 Å². The zero-order valence-electron chi connectivity index (χ0n) is 12.9. The molecule has 0 aromatic heterocycles. The third-order valence-electron chi connectivity index (χ3n) is 3.73. The summed E-state index contributed by atoms with van der Waals surface area (Å²) >= 11 is 0. The van der Waals surface area contributed by atoms with Crippen LogP contribution in [0.4, 0.5) is 0 Å². The van der Waals surface area contributed by atoms with Crippen LogP contribution < -0.4 is 5.32 Å². The summed E-state index contributed by atoms with van der Waals surface area (Å²) in [5.74, 6) is -0.0385. The zero-order chi connectivity index (χ0) is 14.7. The first-order valence-corrected chi connectivity index (χ1v) is 7.70. The largest absolute Gasteiger partial charge is 0.465 e. The van der Waals surface area contributed by atoms with Gasteiger partial charge in [0.05, 0.1) is 25.2 Å². The third-order valence-corrected chi connectivity index (χ3v) is 3.73. The van der Waals surface area contributed by atoms with Gasteiger partial charge in [-0.3, -0.25) is 4.79 Å². The van der Waals surface area contributed by atoms with E-state index in [0.717, 1.165) is 45.2 Å². The van der Waals surface area contributed by atoms with Gasteiger partial charge in [0.15, 0.2) is 0 Å². The van der Waals surface area contributed by atoms with Gasteiger partial charge in [0.25, 0.3) is 0 Å². The van der Waals surface area contributed by atoms with Crippen molar-refractivity contribution in [2.45, 2.75) is 39.0 Å². The SMILES string of the molecule is CCCC1(C(=O)OCCCOCCOC)CCCNC1. The summed E-state index contributed by atoms with van der Waals surface area (Å²) in [5.41, 5.74) is -0.302. The summed E-state index contributed by atoms with van der Waals surface area (Å²) in [7, 11) is 1.65. The number of carbonyl (C=O) groups excluding carboxylic acids is 1. The highest BCUT2D eigenvalue weighted by Crippen LogP contribution is 2.33. The molecule has 1 saturated heterocycles. The van der Waals surface area contributed by atoms with Crippen LogP contribution in [0.2, 0.25) is 0 Å². The van der Waals surface area contributed by atoms with E-state index in [4.69, 9.17) is 14.2 Å². The van der Waals surface area contributed by atoms with Crippen LogP contribution in [0.3, 0.4) is 0 Å². The van der Waals surface area contributed by atoms with Gasteiger partial charge in [0.2, 0.25) is 0 Å². The van der Waals surface area contributed by atoms with Gasteiger partial charge in [-0.15, -0.1) is 0 Å². The molecule has 1 aliphatic heterocycles. The van der Waals surface area contributed by atoms with Crippen LogP contribution in [-0.4, -0.2) is 52.6 Å². The van der Waals surface area contributed by atoms with Crippen LogP contribution in [0.5, 0.6) is 0 Å². The fourth-order valence-electron chi connectivity index (χ4n) is 2.66. The molecule has 1 atom stereocenters. The number of methoxy groups -OCH3 is 1. The molecule has 0 aromatic rings. The minimum absolute atomic E-state index is 0.0385. The van der Waals surface area contributed by atoms with E-state index in [0.29, 0.717) is 26.4 Å². The molecule has 1 fully saturated rings. The maximum atomic E-state index is 12.3. The number of esters is 1. The lowest BCUT2D eigenvalue weighted by Crippen LogP contribution is -2.46. The Hall–Kier alpha value is -0.650. The molecule has 1 aliphatic rings. The quantitative estimate of drug-likeness (QED) is 0.490. The molecule has 20 heavy (non-hydrogen) atoms. The van der Waals surface area contributed by atoms with Crippen LogP contribution in [0.25, 0.3) is 0 Å². The molecular formula is C15H29NO4. The normalized spacial score (nSPS) is 22.7. The van der Waals surface area contributed by atoms with Crippen molar-refractivity contribution in [2.24, 2.45) is 5.41 Å². The minimum atomic E-state index is -0.302. The second kappa shape index (κ2) is 10.1. The van der Waals surface area contributed by atoms with Crippen LogP contribution in [0.1, 0.15) is 39.0 Å². The first kappa shape index (κ1) is 17.4. The van der Waals surface area contributed by atoms with Gasteiger partial charge < -0.3 is 19.5 Å². The average molecular weight is 287 g/mol. The summed E-state index contributed by atoms with van der Waals surface area (Å²) in [6.45, 7) is 6.12. The van der Waals surface area contributed by atoms with Crippen LogP contribution in [0, 0.1) is 5.41 Å². The fourth-order valence-corrected chi connectivity index (χ4v) is 2.66. The predicted octanol–water partition coefficient (Wildman–Crippen LogP) is 1.75. The zero-order valence-corrected chi connectivity index (χ0v) is 12.9. The molecular weight excluding hydrogens is 258 g/mol. The number of hydrogen-bond donors (Lipinski definition) is 1. The van der Waals surface area contributed by atoms with Crippen molar-refractivity contribution in [3.8, 4) is 0 Å². The van der Waals surface area contributed by atoms with Crippen LogP contribution in [0.15, 0.2) is 0 Å². The summed E-state index contributed by atoms with van der Waals surface area (Å²) in [6.07, 6.45) is 4.65. The highest BCUT2D eigenvalue weighted by atomic mass is 16.5. The summed E-state index contributed by atoms with van der Waals surface area (Å²) < 4.78 is 15.7. The fraction of sp³-hybridized carbons (Fsp3) is 0.933. The second-order valence-corrected chi connectivity index (χ2v) is 5.41. The lowest BCUT2D eigenvalue weighted by atomic mass is 9.77. The van der Waals surface area contributed by atoms with Gasteiger partial charge in [-0.25, -0.2) is 0 Å². The van der Waals surface area contributed by atoms with Gasteiger partial charge in [-0.05, 0) is 25.8 Å². The molecule has 0 saturated carbocycles. The Morgan fingerprint density at radius 3 is 2.75 bits per heavy atom. The van der Waals surface area contributed by atoms with E-state index in [1.54, 1.807) is 7.11 Å². The third kappa shape index (κ3) is 5.77. The Morgan fingerprint density at radius 1 is 1.25 bits per heavy atom. The topological polar surface area (TPSA) is 56.8 Å². The van der Waals surface area contributed by atoms with Gasteiger partial charge in [-0.1, -0.05) is 13.3 Å². The molecule has 1 heterocycles. The molecule has 5 heteroatoms. The van der Waals surface area contributed by atoms with Crippen LogP contribution >= 0.6 is 0 Å². The van der Waals surface area contributed by atoms with Gasteiger partial charge in [0.1, 0.15) is 0 Å². The molecule has 0 aromatic carbocycles. The minimum Gasteiger partial charge on any atom is -0.465 e. The Labute approximate surface area is 122 Å². The molecule has 1 N–H and O–H groups in total. The highest BCUT2D eigenvalue weighted by Gasteiger charge is 2.40. The predicted molar refractivity (Wildman–Crippen MR) is 77.7 cm³/mol. The van der Waals surface area contributed by atoms with E-state index in [1.165, 1.54) is 0 Å². The average Bonchev–Trinajstić information content (AvgIpc) is 2.47. The molecule has 0 radical (unpaired) electrons. The molecule has 0 aliphatic carbocycles. The van der Waals surface area contributed by atoms with E-state index < -0.39 is 0 Å². The van der Waals surface area contributed by atoms with Crippen molar-refractivity contribution in [3.05, 3.63) is 0 Å². The monoisotopic (exact) mass is 287 g/mol. The molecule has 0 spiro atoms. The molecule has 0 amide bonds. The second-order valence-electron chi connectivity index (χ2n) is 5.41. The first-order chi connectivity index (χ1) is 9.75. The Kier molecular flexibility index (Phi) is 8.82. The Morgan fingerprint density at radius 2 is 2.10 bits per heavy atom. The lowest BCUT2D eigenvalue weighted by molar-refractivity contribution is -0.158. The molecule has 1 rings (SSSR count). The van der Waals surface area contributed by atoms with E-state index in [9.17, 15) is 4.79 Å². The Bertz CT molecular complexity index is 259. The van der Waals surface area contributed by atoms with Gasteiger partial charge in [-0.2, -0.15) is 0 Å². The van der Waals surface area contributed by atoms with Gasteiger partial charge in [0, 0.05) is 26.7 Å². The van der Waals surface area contributed by atoms with E-state index >= 15 is 0 Å². The van der Waals surface area contributed by atoms with E-state index in [-0.39, 0.29) is 11.4 Å². The summed E-state index contributed by atoms with van der Waals surface area (Å²) in [4.78, 5) is 12.3. The number of rotatable bonds is 10. The number of piperidine rings is 1. The van der Waals surface area contributed by atoms with E-state index in [2.05, 4.69) is 12.2 Å². The molecule has 1 unspecified atom stereocenters. The lowest BCUT2D eigenvalue weighted by Gasteiger charge is -2.35. The van der Waals surface area contributed by atoms with Crippen molar-refractivity contribution in [1.29, 1.82) is 0 Å². The van der Waals surface area contributed by atoms with Crippen molar-refractivity contribution >= 4 is 5.97 Å².